The summed E-state index contributed by atoms with van der Waals surface area (Å²) in [5.74, 6) is 14.6. The molecule has 12 heterocycles. The van der Waals surface area contributed by atoms with Crippen molar-refractivity contribution >= 4 is 70.1 Å². The van der Waals surface area contributed by atoms with E-state index < -0.39 is 29.9 Å². The number of imide groups is 2. The van der Waals surface area contributed by atoms with Crippen molar-refractivity contribution in [2.75, 3.05) is 26.4 Å². The maximum Gasteiger partial charge on any atom is 0.305 e. The Labute approximate surface area is 657 Å². The van der Waals surface area contributed by atoms with E-state index in [2.05, 4.69) is 98.3 Å². The predicted molar refractivity (Wildman–Crippen MR) is 409 cm³/mol. The summed E-state index contributed by atoms with van der Waals surface area (Å²) in [6, 6.07) is 29.8. The first-order valence-electron chi connectivity index (χ1n) is 37.2. The van der Waals surface area contributed by atoms with Crippen LogP contribution in [0.15, 0.2) is 122 Å². The molecule has 6 aliphatic rings. The number of nitrogens with one attached hydrogen (secondary N) is 2. The second-order valence-electron chi connectivity index (χ2n) is 27.5. The van der Waals surface area contributed by atoms with Gasteiger partial charge in [-0.25, -0.2) is 0 Å². The van der Waals surface area contributed by atoms with E-state index in [4.69, 9.17) is 33.9 Å². The minimum Gasteiger partial charge on any atom is -0.493 e. The van der Waals surface area contributed by atoms with Crippen LogP contribution >= 0.6 is 22.7 Å². The number of carboxylic acid groups (broad SMARTS) is 1. The molecule has 0 aliphatic carbocycles. The van der Waals surface area contributed by atoms with E-state index >= 15 is 0 Å². The number of esters is 1. The molecule has 0 saturated carbocycles. The maximum absolute atomic E-state index is 13.1. The van der Waals surface area contributed by atoms with Gasteiger partial charge in [0.25, 0.3) is 11.8 Å². The largest absolute Gasteiger partial charge is 0.493 e. The highest BCUT2D eigenvalue weighted by molar-refractivity contribution is 7.15. The Kier molecular flexibility index (Phi) is 24.6. The average Bonchev–Trinajstić information content (AvgIpc) is 1.50. The van der Waals surface area contributed by atoms with Crippen molar-refractivity contribution in [3.8, 4) is 45.2 Å². The molecule has 580 valence electrons. The van der Waals surface area contributed by atoms with Crippen LogP contribution in [0.2, 0.25) is 0 Å². The van der Waals surface area contributed by atoms with Crippen molar-refractivity contribution in [1.82, 2.24) is 69.5 Å². The van der Waals surface area contributed by atoms with Gasteiger partial charge in [-0.1, -0.05) is 96.5 Å². The number of carboxylic acids is 1. The van der Waals surface area contributed by atoms with Gasteiger partial charge in [0.05, 0.1) is 79.4 Å². The molecule has 4 aromatic carbocycles. The van der Waals surface area contributed by atoms with Gasteiger partial charge in [0.2, 0.25) is 23.6 Å². The zero-order valence-electron chi connectivity index (χ0n) is 62.1. The van der Waals surface area contributed by atoms with Crippen molar-refractivity contribution in [3.63, 3.8) is 0 Å². The Balaban J connectivity index is 0.000000157. The Morgan fingerprint density at radius 2 is 1.02 bits per heavy atom. The van der Waals surface area contributed by atoms with Gasteiger partial charge in [0.15, 0.2) is 11.6 Å². The molecule has 0 spiro atoms. The third-order valence-electron chi connectivity index (χ3n) is 19.7. The van der Waals surface area contributed by atoms with E-state index in [0.717, 1.165) is 94.8 Å². The fraction of sp³-hybridized carbons (Fsp3) is 0.341. The molecule has 31 heteroatoms. The van der Waals surface area contributed by atoms with Gasteiger partial charge in [0, 0.05) is 104 Å². The molecular formula is C82H80N14O15S2. The summed E-state index contributed by atoms with van der Waals surface area (Å²) in [5.41, 5.74) is 11.0. The molecule has 6 aromatic heterocycles. The summed E-state index contributed by atoms with van der Waals surface area (Å²) < 4.78 is 36.7. The molecule has 113 heavy (non-hydrogen) atoms. The number of ether oxygens (including phenoxy) is 5. The van der Waals surface area contributed by atoms with Gasteiger partial charge in [-0.05, 0) is 98.9 Å². The summed E-state index contributed by atoms with van der Waals surface area (Å²) in [5, 5.41) is 50.3. The summed E-state index contributed by atoms with van der Waals surface area (Å²) in [7, 11) is 0. The van der Waals surface area contributed by atoms with Crippen LogP contribution in [0, 0.1) is 37.5 Å². The molecular weight excluding hydrogens is 1490 g/mol. The van der Waals surface area contributed by atoms with Gasteiger partial charge in [-0.3, -0.25) is 67.5 Å². The Hall–Kier alpha value is -12.3. The zero-order chi connectivity index (χ0) is 78.5. The molecule has 0 radical (unpaired) electrons. The molecule has 2 saturated heterocycles. The van der Waals surface area contributed by atoms with Gasteiger partial charge in [0.1, 0.15) is 58.4 Å². The number of thiophene rings is 2. The number of benzene rings is 4. The van der Waals surface area contributed by atoms with E-state index in [1.807, 2.05) is 62.6 Å². The third kappa shape index (κ3) is 18.2. The number of hydrogen-bond acceptors (Lipinski definition) is 22. The lowest BCUT2D eigenvalue weighted by Crippen LogP contribution is -2.52. The van der Waals surface area contributed by atoms with Crippen molar-refractivity contribution in [3.05, 3.63) is 222 Å². The molecule has 2 atom stereocenters. The number of carbonyl (C=O) groups excluding carboxylic acids is 7. The number of rotatable bonds is 23. The fourth-order valence-electron chi connectivity index (χ4n) is 14.1. The van der Waals surface area contributed by atoms with Crippen LogP contribution in [0.1, 0.15) is 174 Å². The lowest BCUT2D eigenvalue weighted by atomic mass is 10.0. The Morgan fingerprint density at radius 1 is 0.549 bits per heavy atom. The van der Waals surface area contributed by atoms with E-state index in [1.54, 1.807) is 80.8 Å². The molecule has 4 N–H and O–H groups in total. The van der Waals surface area contributed by atoms with Crippen molar-refractivity contribution in [2.45, 2.75) is 156 Å². The predicted octanol–water partition coefficient (Wildman–Crippen LogP) is 8.34. The number of hydrogen-bond donors (Lipinski definition) is 4. The van der Waals surface area contributed by atoms with E-state index in [0.29, 0.717) is 113 Å². The highest BCUT2D eigenvalue weighted by atomic mass is 32.1. The second-order valence-corrected chi connectivity index (χ2v) is 29.5. The van der Waals surface area contributed by atoms with Crippen LogP contribution < -0.4 is 20.1 Å². The summed E-state index contributed by atoms with van der Waals surface area (Å²) in [6.45, 7) is 8.17. The highest BCUT2D eigenvalue weighted by Gasteiger charge is 2.42. The normalized spacial score (nSPS) is 15.8. The average molecular weight is 1570 g/mol. The number of piperidine rings is 2. The quantitative estimate of drug-likeness (QED) is 0.0202. The number of aliphatic hydroxyl groups is 1. The molecule has 2 fully saturated rings. The number of fused-ring (bicyclic) bond motifs is 8. The number of aliphatic carboxylic acids is 1. The maximum atomic E-state index is 13.1. The van der Waals surface area contributed by atoms with Crippen LogP contribution in [-0.2, 0) is 108 Å². The van der Waals surface area contributed by atoms with Crippen LogP contribution in [0.5, 0.6) is 11.5 Å². The number of aliphatic hydroxyl groups excluding tert-OH is 1. The SMILES string of the molecule is Cc1nnc2n1-c1sc(C#Cc3cnn(CCCC(=O)O)c3)c(Cc3ccccc3)c1COC2.Cc1nnc2n1-c1sc(C#Cc3cnn(CCCC(=O)OCCCOc4cccc5c4CN(C4CCC(=O)NC4=O)C5=O)c3)c(Cc3ccccc3)c1COC2.O=C1CCC(N2Cc3c(OCCCO)cccc3C2=O)C(=O)N1. The summed E-state index contributed by atoms with van der Waals surface area (Å²) in [4.78, 5) is 101. The van der Waals surface area contributed by atoms with Crippen LogP contribution in [0.25, 0.3) is 10.0 Å². The van der Waals surface area contributed by atoms with Gasteiger partial charge in [-0.2, -0.15) is 10.2 Å². The molecule has 0 bridgehead atoms. The molecule has 6 aliphatic heterocycles. The zero-order valence-corrected chi connectivity index (χ0v) is 63.7. The Morgan fingerprint density at radius 3 is 1.48 bits per heavy atom. The van der Waals surface area contributed by atoms with Gasteiger partial charge < -0.3 is 43.7 Å². The summed E-state index contributed by atoms with van der Waals surface area (Å²) >= 11 is 3.26. The molecule has 6 amide bonds. The smallest absolute Gasteiger partial charge is 0.305 e. The number of aromatic nitrogens is 10. The second kappa shape index (κ2) is 35.8. The molecule has 29 nitrogen and oxygen atoms in total. The number of aryl methyl sites for hydroxylation is 4. The standard InChI is InChI=1S/C41H39N7O7S.C25H23N5O3S.C16H18N2O5/c1-26-44-45-36-25-53-24-32-30(20-27-8-3-2-4-9-27)35(56-41(32)48(26)36)15-13-28-21-42-46(22-28)17-6-12-38(50)55-19-7-18-54-34-11-5-10-29-31(34)23-47(40(29)52)33-14-16-37(49)43-39(33)51;1-17-27-28-23-16-33-15-21-20(12-18-6-3-2-4-7-18)22(34-25(21)30(17)23)10-9-19-13-26-29(14-19)11-5-8-24(31)32;19-7-2-8-23-13-4-1-3-10-11(13)9-18(16(10)22)12-5-6-14(20)17-15(12)21/h2-5,8-11,21-22,33H,6-7,12,14,16-20,23-25H2,1H3,(H,43,49,51);2-4,6-7,13-14H,5,8,11-12,15-16H2,1H3,(H,31,32);1,3-4,12,19H,2,5-9H2,(H,17,20,21). The summed E-state index contributed by atoms with van der Waals surface area (Å²) in [6.07, 6.45) is 12.1. The third-order valence-corrected chi connectivity index (χ3v) is 22.0. The molecule has 10 aromatic rings. The van der Waals surface area contributed by atoms with Crippen LogP contribution in [0.3, 0.4) is 0 Å². The van der Waals surface area contributed by atoms with E-state index in [1.165, 1.54) is 20.9 Å². The number of carbonyl (C=O) groups is 8. The fourth-order valence-corrected chi connectivity index (χ4v) is 16.6. The number of nitrogens with zero attached hydrogens (tertiary/aromatic N) is 12. The van der Waals surface area contributed by atoms with Crippen molar-refractivity contribution in [2.24, 2.45) is 0 Å². The van der Waals surface area contributed by atoms with Crippen molar-refractivity contribution in [1.29, 1.82) is 0 Å². The minimum absolute atomic E-state index is 0.0380. The lowest BCUT2D eigenvalue weighted by molar-refractivity contribution is -0.144. The van der Waals surface area contributed by atoms with Gasteiger partial charge >= 0.3 is 11.9 Å². The number of amides is 6. The van der Waals surface area contributed by atoms with E-state index in [-0.39, 0.29) is 88.2 Å². The van der Waals surface area contributed by atoms with Crippen LogP contribution in [0.4, 0.5) is 0 Å². The topological polar surface area (TPSA) is 351 Å². The van der Waals surface area contributed by atoms with E-state index in [9.17, 15) is 38.4 Å². The Bertz CT molecular complexity index is 5380. The highest BCUT2D eigenvalue weighted by Crippen LogP contribution is 2.40. The molecule has 16 rings (SSSR count). The molecule has 2 unspecified atom stereocenters. The van der Waals surface area contributed by atoms with Crippen molar-refractivity contribution < 1.29 is 72.3 Å². The first kappa shape index (κ1) is 77.5. The first-order chi connectivity index (χ1) is 55.0. The first-order valence-corrected chi connectivity index (χ1v) is 38.9. The minimum atomic E-state index is -0.800. The van der Waals surface area contributed by atoms with Gasteiger partial charge in [-0.15, -0.1) is 43.1 Å². The van der Waals surface area contributed by atoms with Crippen LogP contribution in [-0.4, -0.2) is 155 Å². The monoisotopic (exact) mass is 1560 g/mol. The lowest BCUT2D eigenvalue weighted by Gasteiger charge is -2.29.